The second kappa shape index (κ2) is 5.76. The molecule has 0 bridgehead atoms. The third-order valence-electron chi connectivity index (χ3n) is 4.62. The van der Waals surface area contributed by atoms with Gasteiger partial charge in [-0.25, -0.2) is 0 Å². The van der Waals surface area contributed by atoms with Crippen LogP contribution in [0.3, 0.4) is 0 Å². The first kappa shape index (κ1) is 14.5. The summed E-state index contributed by atoms with van der Waals surface area (Å²) in [5.41, 5.74) is 1.51. The first-order valence-electron chi connectivity index (χ1n) is 7.51. The maximum absolute atomic E-state index is 12.1. The summed E-state index contributed by atoms with van der Waals surface area (Å²) in [6, 6.07) is 10.9. The SMILES string of the molecule is CC1(C2(c3ccccc3)SCCCS2)CCCC(=O)C1. The third kappa shape index (κ3) is 2.43. The van der Waals surface area contributed by atoms with Crippen LogP contribution < -0.4 is 0 Å². The van der Waals surface area contributed by atoms with Crippen molar-refractivity contribution < 1.29 is 4.79 Å². The average Bonchev–Trinajstić information content (AvgIpc) is 2.48. The molecular weight excluding hydrogens is 284 g/mol. The van der Waals surface area contributed by atoms with Crippen molar-refractivity contribution in [1.29, 1.82) is 0 Å². The summed E-state index contributed by atoms with van der Waals surface area (Å²) < 4.78 is 0.0720. The second-order valence-corrected chi connectivity index (χ2v) is 9.04. The smallest absolute Gasteiger partial charge is 0.133 e. The van der Waals surface area contributed by atoms with Crippen LogP contribution in [0.1, 0.15) is 44.6 Å². The molecule has 0 aromatic heterocycles. The molecule has 1 unspecified atom stereocenters. The molecule has 1 atom stereocenters. The predicted molar refractivity (Wildman–Crippen MR) is 89.2 cm³/mol. The van der Waals surface area contributed by atoms with Crippen molar-refractivity contribution in [2.45, 2.75) is 43.1 Å². The van der Waals surface area contributed by atoms with E-state index >= 15 is 0 Å². The van der Waals surface area contributed by atoms with Gasteiger partial charge in [-0.2, -0.15) is 0 Å². The molecule has 108 valence electrons. The zero-order valence-electron chi connectivity index (χ0n) is 12.1. The molecule has 0 spiro atoms. The van der Waals surface area contributed by atoms with E-state index in [1.165, 1.54) is 29.9 Å². The lowest BCUT2D eigenvalue weighted by atomic mass is 9.70. The number of rotatable bonds is 2. The van der Waals surface area contributed by atoms with Crippen molar-refractivity contribution in [2.75, 3.05) is 11.5 Å². The largest absolute Gasteiger partial charge is 0.300 e. The number of ketones is 1. The van der Waals surface area contributed by atoms with E-state index in [1.54, 1.807) is 0 Å². The topological polar surface area (TPSA) is 17.1 Å². The van der Waals surface area contributed by atoms with Gasteiger partial charge in [0.2, 0.25) is 0 Å². The molecular formula is C17H22OS2. The highest BCUT2D eigenvalue weighted by atomic mass is 32.2. The Kier molecular flexibility index (Phi) is 4.19. The Morgan fingerprint density at radius 3 is 2.40 bits per heavy atom. The molecule has 2 aliphatic rings. The Labute approximate surface area is 130 Å². The summed E-state index contributed by atoms with van der Waals surface area (Å²) in [7, 11) is 0. The highest BCUT2D eigenvalue weighted by Gasteiger charge is 2.52. The molecule has 0 N–H and O–H groups in total. The van der Waals surface area contributed by atoms with Gasteiger partial charge in [0.1, 0.15) is 5.78 Å². The van der Waals surface area contributed by atoms with Crippen LogP contribution in [0.15, 0.2) is 30.3 Å². The van der Waals surface area contributed by atoms with E-state index in [-0.39, 0.29) is 9.49 Å². The third-order valence-corrected chi connectivity index (χ3v) is 8.58. The fraction of sp³-hybridized carbons (Fsp3) is 0.588. The molecule has 3 heteroatoms. The van der Waals surface area contributed by atoms with Crippen LogP contribution in [0.2, 0.25) is 0 Å². The molecule has 1 saturated heterocycles. The van der Waals surface area contributed by atoms with Gasteiger partial charge in [-0.05, 0) is 36.3 Å². The quantitative estimate of drug-likeness (QED) is 0.777. The standard InChI is InChI=1S/C17H22OS2/c1-16(10-5-9-15(18)13-16)17(19-11-6-12-20-17)14-7-3-2-4-8-14/h2-4,7-8H,5-6,9-13H2,1H3. The molecule has 1 aliphatic carbocycles. The lowest BCUT2D eigenvalue weighted by molar-refractivity contribution is -0.123. The maximum atomic E-state index is 12.1. The van der Waals surface area contributed by atoms with Gasteiger partial charge in [-0.15, -0.1) is 23.5 Å². The number of hydrogen-bond donors (Lipinski definition) is 0. The minimum absolute atomic E-state index is 0.0720. The van der Waals surface area contributed by atoms with E-state index < -0.39 is 0 Å². The van der Waals surface area contributed by atoms with E-state index in [1.807, 2.05) is 0 Å². The number of carbonyl (C=O) groups excluding carboxylic acids is 1. The lowest BCUT2D eigenvalue weighted by Crippen LogP contribution is -2.44. The molecule has 1 nitrogen and oxygen atoms in total. The minimum atomic E-state index is 0.0720. The van der Waals surface area contributed by atoms with E-state index in [9.17, 15) is 4.79 Å². The highest BCUT2D eigenvalue weighted by molar-refractivity contribution is 8.18. The van der Waals surface area contributed by atoms with Gasteiger partial charge >= 0.3 is 0 Å². The van der Waals surface area contributed by atoms with Gasteiger partial charge in [0.15, 0.2) is 0 Å². The Balaban J connectivity index is 2.03. The van der Waals surface area contributed by atoms with E-state index in [0.717, 1.165) is 19.3 Å². The average molecular weight is 306 g/mol. The number of thioether (sulfide) groups is 2. The van der Waals surface area contributed by atoms with Crippen molar-refractivity contribution in [3.63, 3.8) is 0 Å². The summed E-state index contributed by atoms with van der Waals surface area (Å²) in [4.78, 5) is 12.1. The monoisotopic (exact) mass is 306 g/mol. The van der Waals surface area contributed by atoms with Gasteiger partial charge in [0, 0.05) is 18.3 Å². The first-order valence-corrected chi connectivity index (χ1v) is 9.49. The van der Waals surface area contributed by atoms with Crippen LogP contribution >= 0.6 is 23.5 Å². The molecule has 0 amide bonds. The van der Waals surface area contributed by atoms with Crippen LogP contribution in [0.25, 0.3) is 0 Å². The van der Waals surface area contributed by atoms with Crippen LogP contribution in [-0.4, -0.2) is 17.3 Å². The van der Waals surface area contributed by atoms with Crippen molar-refractivity contribution in [3.8, 4) is 0 Å². The maximum Gasteiger partial charge on any atom is 0.133 e. The van der Waals surface area contributed by atoms with Crippen LogP contribution in [0.4, 0.5) is 0 Å². The first-order chi connectivity index (χ1) is 9.66. The Morgan fingerprint density at radius 1 is 1.05 bits per heavy atom. The normalized spacial score (nSPS) is 30.1. The second-order valence-electron chi connectivity index (χ2n) is 6.16. The Hall–Kier alpha value is -0.410. The van der Waals surface area contributed by atoms with Crippen LogP contribution in [0.5, 0.6) is 0 Å². The molecule has 0 radical (unpaired) electrons. The minimum Gasteiger partial charge on any atom is -0.300 e. The van der Waals surface area contributed by atoms with E-state index in [0.29, 0.717) is 5.78 Å². The Bertz CT molecular complexity index is 479. The van der Waals surface area contributed by atoms with E-state index in [2.05, 4.69) is 60.8 Å². The number of benzene rings is 1. The molecule has 1 saturated carbocycles. The molecule has 2 fully saturated rings. The summed E-state index contributed by atoms with van der Waals surface area (Å²) in [6.07, 6.45) is 5.06. The molecule has 1 heterocycles. The zero-order valence-corrected chi connectivity index (χ0v) is 13.7. The Morgan fingerprint density at radius 2 is 1.75 bits per heavy atom. The van der Waals surface area contributed by atoms with Crippen LogP contribution in [0, 0.1) is 5.41 Å². The lowest BCUT2D eigenvalue weighted by Gasteiger charge is -2.51. The molecule has 1 aromatic rings. The fourth-order valence-corrected chi connectivity index (χ4v) is 7.44. The van der Waals surface area contributed by atoms with Crippen LogP contribution in [-0.2, 0) is 8.87 Å². The van der Waals surface area contributed by atoms with Crippen molar-refractivity contribution in [2.24, 2.45) is 5.41 Å². The summed E-state index contributed by atoms with van der Waals surface area (Å²) >= 11 is 4.16. The van der Waals surface area contributed by atoms with Gasteiger partial charge in [0.25, 0.3) is 0 Å². The summed E-state index contributed by atoms with van der Waals surface area (Å²) in [5.74, 6) is 2.89. The highest BCUT2D eigenvalue weighted by Crippen LogP contribution is 2.64. The molecule has 20 heavy (non-hydrogen) atoms. The number of hydrogen-bond acceptors (Lipinski definition) is 3. The van der Waals surface area contributed by atoms with Gasteiger partial charge in [-0.1, -0.05) is 37.3 Å². The number of carbonyl (C=O) groups is 1. The predicted octanol–water partition coefficient (Wildman–Crippen LogP) is 4.86. The zero-order chi connectivity index (χ0) is 14.1. The fourth-order valence-electron chi connectivity index (χ4n) is 3.62. The van der Waals surface area contributed by atoms with Gasteiger partial charge in [-0.3, -0.25) is 4.79 Å². The number of Topliss-reactive ketones (excluding diaryl/α,β-unsaturated/α-hetero) is 1. The van der Waals surface area contributed by atoms with Crippen molar-refractivity contribution >= 4 is 29.3 Å². The van der Waals surface area contributed by atoms with Crippen molar-refractivity contribution in [3.05, 3.63) is 35.9 Å². The van der Waals surface area contributed by atoms with Gasteiger partial charge < -0.3 is 0 Å². The molecule has 1 aromatic carbocycles. The van der Waals surface area contributed by atoms with Gasteiger partial charge in [0.05, 0.1) is 4.08 Å². The summed E-state index contributed by atoms with van der Waals surface area (Å²) in [6.45, 7) is 2.35. The summed E-state index contributed by atoms with van der Waals surface area (Å²) in [5, 5.41) is 0. The molecule has 3 rings (SSSR count). The van der Waals surface area contributed by atoms with E-state index in [4.69, 9.17) is 0 Å². The molecule has 1 aliphatic heterocycles. The van der Waals surface area contributed by atoms with Crippen molar-refractivity contribution in [1.82, 2.24) is 0 Å².